The van der Waals surface area contributed by atoms with Gasteiger partial charge < -0.3 is 10.2 Å². The van der Waals surface area contributed by atoms with Crippen LogP contribution in [0.2, 0.25) is 5.02 Å². The number of benzene rings is 1. The van der Waals surface area contributed by atoms with E-state index in [1.54, 1.807) is 0 Å². The maximum absolute atomic E-state index is 5.88. The fraction of sp³-hybridized carbons (Fsp3) is 0.222. The topological polar surface area (TPSA) is 15.3 Å². The Morgan fingerprint density at radius 3 is 2.92 bits per heavy atom. The normalized spacial score (nSPS) is 16.1. The Hall–Kier alpha value is -0.800. The number of anilines is 1. The zero-order valence-electron chi connectivity index (χ0n) is 6.96. The van der Waals surface area contributed by atoms with Crippen molar-refractivity contribution in [3.05, 3.63) is 29.3 Å². The Morgan fingerprint density at radius 2 is 2.31 bits per heavy atom. The van der Waals surface area contributed by atoms with Crippen molar-refractivity contribution >= 4 is 34.6 Å². The first kappa shape index (κ1) is 8.78. The van der Waals surface area contributed by atoms with Crippen molar-refractivity contribution in [2.75, 3.05) is 18.0 Å². The molecule has 0 aliphatic carbocycles. The molecule has 0 radical (unpaired) electrons. The number of rotatable bonds is 1. The van der Waals surface area contributed by atoms with Gasteiger partial charge in [0.1, 0.15) is 0 Å². The van der Waals surface area contributed by atoms with E-state index < -0.39 is 0 Å². The van der Waals surface area contributed by atoms with Crippen LogP contribution in [0.3, 0.4) is 0 Å². The quantitative estimate of drug-likeness (QED) is 0.718. The van der Waals surface area contributed by atoms with Gasteiger partial charge in [-0.1, -0.05) is 17.7 Å². The maximum Gasteiger partial charge on any atom is 0.173 e. The number of hydrogen-bond acceptors (Lipinski definition) is 1. The molecule has 4 heteroatoms. The van der Waals surface area contributed by atoms with E-state index in [-0.39, 0.29) is 0 Å². The minimum atomic E-state index is 0.743. The molecular weight excluding hydrogens is 204 g/mol. The molecule has 0 bridgehead atoms. The molecule has 2 nitrogen and oxygen atoms in total. The molecule has 2 rings (SSSR count). The van der Waals surface area contributed by atoms with E-state index in [1.807, 2.05) is 29.2 Å². The van der Waals surface area contributed by atoms with Crippen molar-refractivity contribution in [2.45, 2.75) is 0 Å². The number of nitrogens with zero attached hydrogens (tertiary/aromatic N) is 1. The lowest BCUT2D eigenvalue weighted by Gasteiger charge is -2.16. The van der Waals surface area contributed by atoms with Crippen LogP contribution in [0.25, 0.3) is 0 Å². The van der Waals surface area contributed by atoms with Gasteiger partial charge in [0.05, 0.1) is 0 Å². The van der Waals surface area contributed by atoms with Crippen molar-refractivity contribution in [1.82, 2.24) is 5.32 Å². The van der Waals surface area contributed by atoms with Crippen LogP contribution >= 0.6 is 23.8 Å². The third-order valence-electron chi connectivity index (χ3n) is 1.98. The summed E-state index contributed by atoms with van der Waals surface area (Å²) >= 11 is 11.0. The molecule has 1 saturated heterocycles. The van der Waals surface area contributed by atoms with Crippen LogP contribution in [0.15, 0.2) is 24.3 Å². The summed E-state index contributed by atoms with van der Waals surface area (Å²) < 4.78 is 0. The first-order valence-corrected chi connectivity index (χ1v) is 4.87. The van der Waals surface area contributed by atoms with E-state index in [0.29, 0.717) is 0 Å². The summed E-state index contributed by atoms with van der Waals surface area (Å²) in [6.07, 6.45) is 0. The highest BCUT2D eigenvalue weighted by Gasteiger charge is 2.17. The lowest BCUT2D eigenvalue weighted by molar-refractivity contribution is 0.975. The zero-order valence-corrected chi connectivity index (χ0v) is 8.53. The van der Waals surface area contributed by atoms with Gasteiger partial charge in [0.15, 0.2) is 5.11 Å². The van der Waals surface area contributed by atoms with Gasteiger partial charge >= 0.3 is 0 Å². The Morgan fingerprint density at radius 1 is 1.46 bits per heavy atom. The molecule has 1 heterocycles. The van der Waals surface area contributed by atoms with Crippen LogP contribution in [0, 0.1) is 0 Å². The fourth-order valence-electron chi connectivity index (χ4n) is 1.36. The van der Waals surface area contributed by atoms with E-state index in [4.69, 9.17) is 23.8 Å². The summed E-state index contributed by atoms with van der Waals surface area (Å²) in [5.41, 5.74) is 1.06. The third kappa shape index (κ3) is 1.76. The van der Waals surface area contributed by atoms with E-state index in [9.17, 15) is 0 Å². The number of hydrogen-bond donors (Lipinski definition) is 1. The minimum absolute atomic E-state index is 0.743. The Kier molecular flexibility index (Phi) is 2.38. The molecule has 0 saturated carbocycles. The number of nitrogens with one attached hydrogen (secondary N) is 1. The predicted molar refractivity (Wildman–Crippen MR) is 59.4 cm³/mol. The second-order valence-corrected chi connectivity index (χ2v) is 3.69. The molecule has 0 amide bonds. The Balaban J connectivity index is 2.29. The Labute approximate surface area is 87.5 Å². The lowest BCUT2D eigenvalue weighted by atomic mass is 10.3. The first-order valence-electron chi connectivity index (χ1n) is 4.08. The third-order valence-corrected chi connectivity index (χ3v) is 2.58. The average Bonchev–Trinajstić information content (AvgIpc) is 2.51. The minimum Gasteiger partial charge on any atom is -0.360 e. The van der Waals surface area contributed by atoms with Gasteiger partial charge in [-0.2, -0.15) is 0 Å². The molecule has 1 fully saturated rings. The highest BCUT2D eigenvalue weighted by atomic mass is 35.5. The Bertz CT molecular complexity index is 340. The van der Waals surface area contributed by atoms with Crippen molar-refractivity contribution < 1.29 is 0 Å². The van der Waals surface area contributed by atoms with Gasteiger partial charge in [-0.3, -0.25) is 0 Å². The molecule has 1 aromatic rings. The van der Waals surface area contributed by atoms with E-state index in [0.717, 1.165) is 28.9 Å². The van der Waals surface area contributed by atoms with E-state index in [1.165, 1.54) is 0 Å². The van der Waals surface area contributed by atoms with Crippen LogP contribution in [0.1, 0.15) is 0 Å². The van der Waals surface area contributed by atoms with Crippen molar-refractivity contribution in [3.63, 3.8) is 0 Å². The first-order chi connectivity index (χ1) is 6.27. The fourth-order valence-corrected chi connectivity index (χ4v) is 1.85. The van der Waals surface area contributed by atoms with Crippen molar-refractivity contribution in [3.8, 4) is 0 Å². The van der Waals surface area contributed by atoms with Gasteiger partial charge in [-0.15, -0.1) is 0 Å². The SMILES string of the molecule is S=C1NCCN1c1cccc(Cl)c1. The van der Waals surface area contributed by atoms with Crippen LogP contribution < -0.4 is 10.2 Å². The zero-order chi connectivity index (χ0) is 9.26. The van der Waals surface area contributed by atoms with Crippen LogP contribution in [0.4, 0.5) is 5.69 Å². The summed E-state index contributed by atoms with van der Waals surface area (Å²) in [5.74, 6) is 0. The molecular formula is C9H9ClN2S. The molecule has 0 unspecified atom stereocenters. The van der Waals surface area contributed by atoms with Crippen molar-refractivity contribution in [2.24, 2.45) is 0 Å². The van der Waals surface area contributed by atoms with Gasteiger partial charge in [0.25, 0.3) is 0 Å². The molecule has 1 N–H and O–H groups in total. The van der Waals surface area contributed by atoms with Crippen molar-refractivity contribution in [1.29, 1.82) is 0 Å². The standard InChI is InChI=1S/C9H9ClN2S/c10-7-2-1-3-8(6-7)12-5-4-11-9(12)13/h1-3,6H,4-5H2,(H,11,13). The number of halogens is 1. The largest absolute Gasteiger partial charge is 0.360 e. The molecule has 0 atom stereocenters. The molecule has 1 aliphatic rings. The second-order valence-electron chi connectivity index (χ2n) is 2.86. The van der Waals surface area contributed by atoms with E-state index >= 15 is 0 Å². The number of thiocarbonyl (C=S) groups is 1. The molecule has 13 heavy (non-hydrogen) atoms. The monoisotopic (exact) mass is 212 g/mol. The molecule has 1 aliphatic heterocycles. The molecule has 0 aromatic heterocycles. The van der Waals surface area contributed by atoms with Gasteiger partial charge in [0, 0.05) is 23.8 Å². The van der Waals surface area contributed by atoms with Gasteiger partial charge in [-0.25, -0.2) is 0 Å². The van der Waals surface area contributed by atoms with Crippen LogP contribution in [-0.2, 0) is 0 Å². The lowest BCUT2D eigenvalue weighted by Crippen LogP contribution is -2.27. The summed E-state index contributed by atoms with van der Waals surface area (Å²) in [6, 6.07) is 7.71. The van der Waals surface area contributed by atoms with Crippen LogP contribution in [-0.4, -0.2) is 18.2 Å². The average molecular weight is 213 g/mol. The predicted octanol–water partition coefficient (Wildman–Crippen LogP) is 2.03. The highest BCUT2D eigenvalue weighted by Crippen LogP contribution is 2.20. The second kappa shape index (κ2) is 3.52. The van der Waals surface area contributed by atoms with Gasteiger partial charge in [0.2, 0.25) is 0 Å². The molecule has 0 spiro atoms. The van der Waals surface area contributed by atoms with E-state index in [2.05, 4.69) is 5.32 Å². The maximum atomic E-state index is 5.88. The summed E-state index contributed by atoms with van der Waals surface area (Å²) in [6.45, 7) is 1.82. The molecule has 68 valence electrons. The smallest absolute Gasteiger partial charge is 0.173 e. The van der Waals surface area contributed by atoms with Gasteiger partial charge in [-0.05, 0) is 30.4 Å². The molecule has 1 aromatic carbocycles. The summed E-state index contributed by atoms with van der Waals surface area (Å²) in [7, 11) is 0. The summed E-state index contributed by atoms with van der Waals surface area (Å²) in [4.78, 5) is 2.04. The van der Waals surface area contributed by atoms with Crippen LogP contribution in [0.5, 0.6) is 0 Å². The highest BCUT2D eigenvalue weighted by molar-refractivity contribution is 7.80. The summed E-state index contributed by atoms with van der Waals surface area (Å²) in [5, 5.41) is 4.62.